The number of hydrogen-bond donors (Lipinski definition) is 3. The molecule has 0 radical (unpaired) electrons. The zero-order valence-corrected chi connectivity index (χ0v) is 23.2. The van der Waals surface area contributed by atoms with Crippen molar-refractivity contribution >= 4 is 52.0 Å². The molecule has 1 fully saturated rings. The molecule has 3 aromatic rings. The third kappa shape index (κ3) is 8.18. The predicted molar refractivity (Wildman–Crippen MR) is 148 cm³/mol. The number of carbonyl (C=O) groups is 3. The standard InChI is InChI=1S/C23H25Cl2N3O4.C4H4O4/c1-31-20-5-3-15(2-4-16-18(24)13-26-14-19(16)25)17-12-21(32-22(17)20)23(30)28-8-6-27(7-9-28)10-11-29;5-3(6)1-2-4(7)8/h3,5,12-14,29H,2,4,6-11H2,1H3;1-2H,(H,5,6)(H,7,8)/b;2-1+. The number of rotatable bonds is 9. The van der Waals surface area contributed by atoms with Gasteiger partial charge in [-0.05, 0) is 36.1 Å². The zero-order chi connectivity index (χ0) is 29.2. The van der Waals surface area contributed by atoms with E-state index in [-0.39, 0.29) is 12.5 Å². The molecule has 1 saturated heterocycles. The smallest absolute Gasteiger partial charge is 0.328 e. The highest BCUT2D eigenvalue weighted by Gasteiger charge is 2.25. The van der Waals surface area contributed by atoms with Crippen LogP contribution >= 0.6 is 23.2 Å². The molecule has 0 atom stereocenters. The van der Waals surface area contributed by atoms with Crippen LogP contribution in [0.2, 0.25) is 10.0 Å². The van der Waals surface area contributed by atoms with E-state index in [4.69, 9.17) is 47.7 Å². The number of furan rings is 1. The molecule has 0 aliphatic carbocycles. The summed E-state index contributed by atoms with van der Waals surface area (Å²) in [5.74, 6) is -1.78. The Morgan fingerprint density at radius 1 is 1.02 bits per heavy atom. The Hall–Kier alpha value is -3.64. The molecule has 2 aromatic heterocycles. The highest BCUT2D eigenvalue weighted by Crippen LogP contribution is 2.34. The minimum atomic E-state index is -1.26. The van der Waals surface area contributed by atoms with Crippen LogP contribution in [-0.2, 0) is 22.4 Å². The van der Waals surface area contributed by atoms with Gasteiger partial charge in [0, 0.05) is 62.7 Å². The third-order valence-corrected chi connectivity index (χ3v) is 6.86. The van der Waals surface area contributed by atoms with Crippen LogP contribution in [0, 0.1) is 0 Å². The number of hydrogen-bond acceptors (Lipinski definition) is 8. The van der Waals surface area contributed by atoms with Crippen LogP contribution < -0.4 is 4.74 Å². The van der Waals surface area contributed by atoms with Crippen molar-refractivity contribution < 1.29 is 38.9 Å². The van der Waals surface area contributed by atoms with Gasteiger partial charge in [0.25, 0.3) is 5.91 Å². The Bertz CT molecular complexity index is 1350. The quantitative estimate of drug-likeness (QED) is 0.314. The fourth-order valence-electron chi connectivity index (χ4n) is 4.19. The number of carbonyl (C=O) groups excluding carboxylic acids is 1. The van der Waals surface area contributed by atoms with Gasteiger partial charge in [-0.15, -0.1) is 0 Å². The molecule has 40 heavy (non-hydrogen) atoms. The number of carboxylic acid groups (broad SMARTS) is 2. The number of pyridine rings is 1. The normalized spacial score (nSPS) is 13.8. The Morgan fingerprint density at radius 2 is 1.65 bits per heavy atom. The van der Waals surface area contributed by atoms with E-state index in [1.807, 2.05) is 12.1 Å². The van der Waals surface area contributed by atoms with E-state index < -0.39 is 11.9 Å². The minimum absolute atomic E-state index is 0.121. The van der Waals surface area contributed by atoms with Crippen molar-refractivity contribution in [2.45, 2.75) is 12.8 Å². The third-order valence-electron chi connectivity index (χ3n) is 6.21. The van der Waals surface area contributed by atoms with Crippen LogP contribution in [0.1, 0.15) is 21.7 Å². The average molecular weight is 594 g/mol. The molecule has 0 saturated carbocycles. The SMILES string of the molecule is COc1ccc(CCc2c(Cl)cncc2Cl)c2cc(C(=O)N3CCN(CCO)CC3)oc12.O=C(O)/C=C/C(=O)O. The molecular formula is C27H29Cl2N3O8. The number of methoxy groups -OCH3 is 1. The van der Waals surface area contributed by atoms with Gasteiger partial charge >= 0.3 is 11.9 Å². The molecule has 1 aromatic carbocycles. The average Bonchev–Trinajstić information content (AvgIpc) is 3.38. The molecule has 4 rings (SSSR count). The first-order valence-electron chi connectivity index (χ1n) is 12.3. The first kappa shape index (κ1) is 30.9. The van der Waals surface area contributed by atoms with Crippen molar-refractivity contribution in [2.24, 2.45) is 0 Å². The molecule has 0 unspecified atom stereocenters. The van der Waals surface area contributed by atoms with Gasteiger partial charge in [-0.3, -0.25) is 14.7 Å². The van der Waals surface area contributed by atoms with E-state index in [0.717, 1.165) is 29.6 Å². The number of nitrogens with zero attached hydrogens (tertiary/aromatic N) is 3. The van der Waals surface area contributed by atoms with E-state index in [2.05, 4.69) is 9.88 Å². The summed E-state index contributed by atoms with van der Waals surface area (Å²) in [6.07, 6.45) is 5.58. The van der Waals surface area contributed by atoms with Crippen LogP contribution in [0.15, 0.2) is 47.2 Å². The number of ether oxygens (including phenoxy) is 1. The van der Waals surface area contributed by atoms with Crippen molar-refractivity contribution in [3.05, 3.63) is 69.7 Å². The molecule has 0 spiro atoms. The zero-order valence-electron chi connectivity index (χ0n) is 21.7. The number of benzene rings is 1. The number of amides is 1. The Balaban J connectivity index is 0.000000482. The van der Waals surface area contributed by atoms with E-state index in [9.17, 15) is 14.4 Å². The number of aliphatic hydroxyl groups is 1. The summed E-state index contributed by atoms with van der Waals surface area (Å²) in [4.78, 5) is 40.1. The highest BCUT2D eigenvalue weighted by molar-refractivity contribution is 6.35. The molecule has 3 N–H and O–H groups in total. The van der Waals surface area contributed by atoms with E-state index in [1.165, 1.54) is 0 Å². The molecular weight excluding hydrogens is 565 g/mol. The topological polar surface area (TPSA) is 154 Å². The maximum atomic E-state index is 13.1. The summed E-state index contributed by atoms with van der Waals surface area (Å²) >= 11 is 12.5. The number of aromatic nitrogens is 1. The van der Waals surface area contributed by atoms with Crippen molar-refractivity contribution in [1.29, 1.82) is 0 Å². The molecule has 11 nitrogen and oxygen atoms in total. The number of aliphatic carboxylic acids is 2. The van der Waals surface area contributed by atoms with Gasteiger partial charge in [0.2, 0.25) is 0 Å². The van der Waals surface area contributed by atoms with E-state index in [1.54, 1.807) is 30.5 Å². The number of halogens is 2. The summed E-state index contributed by atoms with van der Waals surface area (Å²) in [6.45, 7) is 3.40. The Labute approximate surface area is 240 Å². The fraction of sp³-hybridized carbons (Fsp3) is 0.333. The number of aliphatic hydroxyl groups excluding tert-OH is 1. The van der Waals surface area contributed by atoms with Crippen LogP contribution in [0.5, 0.6) is 5.75 Å². The fourth-order valence-corrected chi connectivity index (χ4v) is 4.74. The van der Waals surface area contributed by atoms with Crippen molar-refractivity contribution in [3.8, 4) is 5.75 Å². The number of aryl methyl sites for hydroxylation is 1. The van der Waals surface area contributed by atoms with E-state index >= 15 is 0 Å². The van der Waals surface area contributed by atoms with Crippen LogP contribution in [0.25, 0.3) is 11.0 Å². The van der Waals surface area contributed by atoms with Gasteiger partial charge in [-0.25, -0.2) is 9.59 Å². The van der Waals surface area contributed by atoms with Crippen LogP contribution in [0.4, 0.5) is 0 Å². The van der Waals surface area contributed by atoms with Crippen molar-refractivity contribution in [2.75, 3.05) is 46.4 Å². The molecule has 1 aliphatic heterocycles. The van der Waals surface area contributed by atoms with Gasteiger partial charge in [-0.2, -0.15) is 0 Å². The maximum Gasteiger partial charge on any atom is 0.328 e. The second kappa shape index (κ2) is 14.7. The highest BCUT2D eigenvalue weighted by atomic mass is 35.5. The Kier molecular flexibility index (Phi) is 11.3. The minimum Gasteiger partial charge on any atom is -0.493 e. The molecule has 214 valence electrons. The van der Waals surface area contributed by atoms with Crippen molar-refractivity contribution in [1.82, 2.24) is 14.8 Å². The lowest BCUT2D eigenvalue weighted by molar-refractivity contribution is -0.134. The number of β-amino-alcohol motifs (C(OH)–C–C–N with tert-alkyl or cyclic N) is 1. The van der Waals surface area contributed by atoms with Gasteiger partial charge in [0.15, 0.2) is 17.1 Å². The lowest BCUT2D eigenvalue weighted by Crippen LogP contribution is -2.49. The van der Waals surface area contributed by atoms with Crippen LogP contribution in [-0.4, -0.2) is 94.4 Å². The summed E-state index contributed by atoms with van der Waals surface area (Å²) in [5.41, 5.74) is 2.41. The van der Waals surface area contributed by atoms with Gasteiger partial charge in [-0.1, -0.05) is 29.3 Å². The number of piperazine rings is 1. The lowest BCUT2D eigenvalue weighted by Gasteiger charge is -2.33. The summed E-state index contributed by atoms with van der Waals surface area (Å²) < 4.78 is 11.5. The monoisotopic (exact) mass is 593 g/mol. The largest absolute Gasteiger partial charge is 0.493 e. The first-order chi connectivity index (χ1) is 19.1. The number of carboxylic acids is 2. The van der Waals surface area contributed by atoms with E-state index in [0.29, 0.717) is 71.8 Å². The molecule has 0 bridgehead atoms. The Morgan fingerprint density at radius 3 is 2.20 bits per heavy atom. The van der Waals surface area contributed by atoms with Crippen molar-refractivity contribution in [3.63, 3.8) is 0 Å². The molecule has 13 heteroatoms. The first-order valence-corrected chi connectivity index (χ1v) is 13.0. The molecule has 1 amide bonds. The summed E-state index contributed by atoms with van der Waals surface area (Å²) in [6, 6.07) is 5.62. The van der Waals surface area contributed by atoms with Gasteiger partial charge in [0.05, 0.1) is 23.8 Å². The maximum absolute atomic E-state index is 13.1. The summed E-state index contributed by atoms with van der Waals surface area (Å²) in [5, 5.41) is 26.6. The predicted octanol–water partition coefficient (Wildman–Crippen LogP) is 3.39. The lowest BCUT2D eigenvalue weighted by atomic mass is 10.0. The van der Waals surface area contributed by atoms with Gasteiger partial charge in [0.1, 0.15) is 0 Å². The van der Waals surface area contributed by atoms with Gasteiger partial charge < -0.3 is 29.4 Å². The number of fused-ring (bicyclic) bond motifs is 1. The molecule has 3 heterocycles. The second-order valence-electron chi connectivity index (χ2n) is 8.73. The molecule has 1 aliphatic rings. The summed E-state index contributed by atoms with van der Waals surface area (Å²) in [7, 11) is 1.58. The van der Waals surface area contributed by atoms with Crippen LogP contribution in [0.3, 0.4) is 0 Å². The second-order valence-corrected chi connectivity index (χ2v) is 9.54.